The lowest BCUT2D eigenvalue weighted by Gasteiger charge is -2.30. The summed E-state index contributed by atoms with van der Waals surface area (Å²) in [5.41, 5.74) is 1.86. The number of nitrogens with one attached hydrogen (secondary N) is 3. The molecule has 0 saturated heterocycles. The van der Waals surface area contributed by atoms with Crippen molar-refractivity contribution in [2.24, 2.45) is 5.92 Å². The van der Waals surface area contributed by atoms with Crippen molar-refractivity contribution in [3.05, 3.63) is 54.1 Å². The van der Waals surface area contributed by atoms with Crippen LogP contribution in [0, 0.1) is 12.8 Å². The van der Waals surface area contributed by atoms with Crippen molar-refractivity contribution >= 4 is 38.7 Å². The van der Waals surface area contributed by atoms with E-state index < -0.39 is 10.0 Å². The zero-order valence-electron chi connectivity index (χ0n) is 16.2. The average Bonchev–Trinajstić information content (AvgIpc) is 2.65. The van der Waals surface area contributed by atoms with Crippen LogP contribution in [-0.2, 0) is 10.0 Å². The van der Waals surface area contributed by atoms with E-state index in [0.717, 1.165) is 6.42 Å². The Morgan fingerprint density at radius 3 is 2.46 bits per heavy atom. The molecule has 0 aromatic heterocycles. The summed E-state index contributed by atoms with van der Waals surface area (Å²) in [6.45, 7) is 4.02. The quantitative estimate of drug-likeness (QED) is 0.617. The Bertz CT molecular complexity index is 930. The minimum absolute atomic E-state index is 0.232. The summed E-state index contributed by atoms with van der Waals surface area (Å²) in [7, 11) is -3.69. The Morgan fingerprint density at radius 2 is 1.75 bits per heavy atom. The Morgan fingerprint density at radius 1 is 1.04 bits per heavy atom. The van der Waals surface area contributed by atoms with Crippen LogP contribution < -0.4 is 15.4 Å². The predicted octanol–water partition coefficient (Wildman–Crippen LogP) is 4.66. The lowest BCUT2D eigenvalue weighted by molar-refractivity contribution is 0.309. The molecule has 3 rings (SSSR count). The number of rotatable bonds is 5. The molecule has 1 fully saturated rings. The molecule has 0 aliphatic heterocycles. The molecule has 0 bridgehead atoms. The molecule has 7 heteroatoms. The van der Waals surface area contributed by atoms with Crippen molar-refractivity contribution in [1.29, 1.82) is 0 Å². The zero-order chi connectivity index (χ0) is 20.1. The maximum atomic E-state index is 12.8. The highest BCUT2D eigenvalue weighted by Crippen LogP contribution is 2.25. The molecule has 0 spiro atoms. The summed E-state index contributed by atoms with van der Waals surface area (Å²) in [5, 5.41) is 7.06. The van der Waals surface area contributed by atoms with E-state index >= 15 is 0 Å². The summed E-state index contributed by atoms with van der Waals surface area (Å²) in [6.07, 6.45) is 4.80. The van der Waals surface area contributed by atoms with E-state index in [1.54, 1.807) is 43.3 Å². The van der Waals surface area contributed by atoms with Gasteiger partial charge in [-0.3, -0.25) is 4.72 Å². The molecular formula is C21H27N3O2S2. The average molecular weight is 418 g/mol. The number of hydrogen-bond donors (Lipinski definition) is 3. The molecule has 3 N–H and O–H groups in total. The van der Waals surface area contributed by atoms with Crippen LogP contribution in [-0.4, -0.2) is 19.6 Å². The number of hydrogen-bond acceptors (Lipinski definition) is 3. The molecule has 1 aliphatic rings. The fourth-order valence-corrected chi connectivity index (χ4v) is 5.15. The van der Waals surface area contributed by atoms with E-state index in [9.17, 15) is 8.42 Å². The van der Waals surface area contributed by atoms with Crippen LogP contribution in [0.15, 0.2) is 53.4 Å². The van der Waals surface area contributed by atoms with E-state index in [1.165, 1.54) is 19.3 Å². The summed E-state index contributed by atoms with van der Waals surface area (Å²) < 4.78 is 28.3. The van der Waals surface area contributed by atoms with E-state index in [1.807, 2.05) is 12.1 Å². The van der Waals surface area contributed by atoms with Crippen molar-refractivity contribution in [3.8, 4) is 0 Å². The smallest absolute Gasteiger partial charge is 0.262 e. The van der Waals surface area contributed by atoms with Crippen LogP contribution in [0.2, 0.25) is 0 Å². The standard InChI is InChI=1S/C21H27N3O2S2/c1-15-8-6-7-11-19(15)23-21(27)22-18-13-12-16(2)20(14-18)28(25,26)24-17-9-4-3-5-10-17/h3-5,9-10,12-15,19,24H,6-8,11H2,1-2H3,(H2,22,23,27). The highest BCUT2D eigenvalue weighted by Gasteiger charge is 2.22. The van der Waals surface area contributed by atoms with Crippen molar-refractivity contribution in [3.63, 3.8) is 0 Å². The van der Waals surface area contributed by atoms with Gasteiger partial charge in [-0.05, 0) is 67.7 Å². The second-order valence-electron chi connectivity index (χ2n) is 7.42. The molecule has 0 radical (unpaired) electrons. The first kappa shape index (κ1) is 20.6. The molecule has 150 valence electrons. The van der Waals surface area contributed by atoms with Crippen molar-refractivity contribution in [1.82, 2.24) is 5.32 Å². The highest BCUT2D eigenvalue weighted by molar-refractivity contribution is 7.92. The third-order valence-electron chi connectivity index (χ3n) is 5.19. The van der Waals surface area contributed by atoms with Gasteiger partial charge >= 0.3 is 0 Å². The van der Waals surface area contributed by atoms with Crippen LogP contribution in [0.4, 0.5) is 11.4 Å². The van der Waals surface area contributed by atoms with E-state index in [4.69, 9.17) is 12.2 Å². The van der Waals surface area contributed by atoms with E-state index in [-0.39, 0.29) is 4.90 Å². The molecule has 2 aromatic rings. The maximum Gasteiger partial charge on any atom is 0.262 e. The molecule has 5 nitrogen and oxygen atoms in total. The van der Waals surface area contributed by atoms with Crippen LogP contribution in [0.3, 0.4) is 0 Å². The van der Waals surface area contributed by atoms with Gasteiger partial charge in [0.15, 0.2) is 5.11 Å². The van der Waals surface area contributed by atoms with Crippen molar-refractivity contribution in [2.75, 3.05) is 10.0 Å². The topological polar surface area (TPSA) is 70.2 Å². The fourth-order valence-electron chi connectivity index (χ4n) is 3.55. The van der Waals surface area contributed by atoms with Gasteiger partial charge in [-0.25, -0.2) is 8.42 Å². The lowest BCUT2D eigenvalue weighted by Crippen LogP contribution is -2.43. The number of benzene rings is 2. The van der Waals surface area contributed by atoms with Crippen LogP contribution in [0.25, 0.3) is 0 Å². The fraction of sp³-hybridized carbons (Fsp3) is 0.381. The minimum Gasteiger partial charge on any atom is -0.359 e. The third kappa shape index (κ3) is 5.23. The van der Waals surface area contributed by atoms with Crippen LogP contribution in [0.5, 0.6) is 0 Å². The van der Waals surface area contributed by atoms with E-state index in [2.05, 4.69) is 22.3 Å². The predicted molar refractivity (Wildman–Crippen MR) is 119 cm³/mol. The SMILES string of the molecule is Cc1ccc(NC(=S)NC2CCCCC2C)cc1S(=O)(=O)Nc1ccccc1. The molecule has 1 aliphatic carbocycles. The molecule has 2 aromatic carbocycles. The first-order valence-corrected chi connectivity index (χ1v) is 11.5. The molecule has 0 amide bonds. The van der Waals surface area contributed by atoms with Crippen molar-refractivity contribution < 1.29 is 8.42 Å². The second kappa shape index (κ2) is 8.92. The van der Waals surface area contributed by atoms with E-state index in [0.29, 0.717) is 34.0 Å². The number of thiocarbonyl (C=S) groups is 1. The van der Waals surface area contributed by atoms with Crippen molar-refractivity contribution in [2.45, 2.75) is 50.5 Å². The van der Waals surface area contributed by atoms with Gasteiger partial charge in [-0.1, -0.05) is 44.0 Å². The number of sulfonamides is 1. The molecule has 28 heavy (non-hydrogen) atoms. The van der Waals surface area contributed by atoms with Gasteiger partial charge < -0.3 is 10.6 Å². The Kier molecular flexibility index (Phi) is 6.57. The molecule has 2 atom stereocenters. The lowest BCUT2D eigenvalue weighted by atomic mass is 9.86. The van der Waals surface area contributed by atoms with Gasteiger partial charge in [0, 0.05) is 17.4 Å². The number of para-hydroxylation sites is 1. The normalized spacial score (nSPS) is 19.6. The molecular weight excluding hydrogens is 390 g/mol. The summed E-state index contributed by atoms with van der Waals surface area (Å²) in [4.78, 5) is 0.232. The van der Waals surface area contributed by atoms with Gasteiger partial charge in [0.05, 0.1) is 4.90 Å². The summed E-state index contributed by atoms with van der Waals surface area (Å²) in [5.74, 6) is 0.581. The summed E-state index contributed by atoms with van der Waals surface area (Å²) in [6, 6.07) is 14.5. The molecule has 1 saturated carbocycles. The van der Waals surface area contributed by atoms with Gasteiger partial charge in [0.25, 0.3) is 10.0 Å². The van der Waals surface area contributed by atoms with Gasteiger partial charge in [-0.2, -0.15) is 0 Å². The largest absolute Gasteiger partial charge is 0.359 e. The first-order chi connectivity index (χ1) is 13.3. The Labute approximate surface area is 173 Å². The zero-order valence-corrected chi connectivity index (χ0v) is 17.9. The first-order valence-electron chi connectivity index (χ1n) is 9.61. The van der Waals surface area contributed by atoms with Crippen LogP contribution >= 0.6 is 12.2 Å². The third-order valence-corrected chi connectivity index (χ3v) is 6.93. The Balaban J connectivity index is 1.73. The second-order valence-corrected chi connectivity index (χ2v) is 9.48. The minimum atomic E-state index is -3.69. The monoisotopic (exact) mass is 417 g/mol. The van der Waals surface area contributed by atoms with Gasteiger partial charge in [0.2, 0.25) is 0 Å². The van der Waals surface area contributed by atoms with Crippen LogP contribution in [0.1, 0.15) is 38.2 Å². The number of anilines is 2. The summed E-state index contributed by atoms with van der Waals surface area (Å²) >= 11 is 5.46. The van der Waals surface area contributed by atoms with Gasteiger partial charge in [-0.15, -0.1) is 0 Å². The highest BCUT2D eigenvalue weighted by atomic mass is 32.2. The molecule has 2 unspecified atom stereocenters. The van der Waals surface area contributed by atoms with Gasteiger partial charge in [0.1, 0.15) is 0 Å². The molecule has 0 heterocycles. The number of aryl methyl sites for hydroxylation is 1. The Hall–Kier alpha value is -2.12. The maximum absolute atomic E-state index is 12.8.